The van der Waals surface area contributed by atoms with Gasteiger partial charge in [0.1, 0.15) is 11.9 Å². The first-order chi connectivity index (χ1) is 12.0. The van der Waals surface area contributed by atoms with Crippen LogP contribution < -0.4 is 10.6 Å². The summed E-state index contributed by atoms with van der Waals surface area (Å²) < 4.78 is 13.9. The highest BCUT2D eigenvalue weighted by Gasteiger charge is 2.32. The summed E-state index contributed by atoms with van der Waals surface area (Å²) in [6.07, 6.45) is 0.537. The third-order valence-electron chi connectivity index (χ3n) is 4.26. The zero-order valence-electron chi connectivity index (χ0n) is 14.0. The van der Waals surface area contributed by atoms with Crippen LogP contribution in [0.3, 0.4) is 0 Å². The molecule has 1 atom stereocenters. The highest BCUT2D eigenvalue weighted by molar-refractivity contribution is 5.94. The average molecular weight is 341 g/mol. The number of amides is 3. The van der Waals surface area contributed by atoms with Crippen LogP contribution in [0.15, 0.2) is 48.5 Å². The molecular formula is C19H20FN3O2. The quantitative estimate of drug-likeness (QED) is 0.898. The van der Waals surface area contributed by atoms with Crippen molar-refractivity contribution in [2.24, 2.45) is 0 Å². The van der Waals surface area contributed by atoms with Gasteiger partial charge in [-0.25, -0.2) is 9.18 Å². The van der Waals surface area contributed by atoms with Crippen molar-refractivity contribution in [3.8, 4) is 0 Å². The molecule has 1 saturated heterocycles. The first-order valence-electron chi connectivity index (χ1n) is 8.20. The van der Waals surface area contributed by atoms with Crippen molar-refractivity contribution in [1.82, 2.24) is 10.2 Å². The highest BCUT2D eigenvalue weighted by atomic mass is 19.1. The van der Waals surface area contributed by atoms with E-state index >= 15 is 0 Å². The van der Waals surface area contributed by atoms with Crippen LogP contribution in [0.2, 0.25) is 0 Å². The lowest BCUT2D eigenvalue weighted by Gasteiger charge is -2.17. The maximum Gasteiger partial charge on any atom is 0.319 e. The Hall–Kier alpha value is -2.89. The number of likely N-dealkylation sites (tertiary alicyclic amines) is 1. The number of aryl methyl sites for hydroxylation is 1. The molecule has 130 valence electrons. The fourth-order valence-electron chi connectivity index (χ4n) is 2.89. The number of hydrogen-bond donors (Lipinski definition) is 2. The normalized spacial score (nSPS) is 16.8. The van der Waals surface area contributed by atoms with Gasteiger partial charge < -0.3 is 15.5 Å². The number of halogens is 1. The standard InChI is InChI=1S/C19H20FN3O2/c1-13-6-5-9-15(17(13)20)21-19(25)22-16-10-11-23(18(16)24)12-14-7-3-2-4-8-14/h2-9,16H,10-12H2,1H3,(H2,21,22,25)/t16-/m1/s1. The second-order valence-corrected chi connectivity index (χ2v) is 6.12. The SMILES string of the molecule is Cc1cccc(NC(=O)N[C@@H]2CCN(Cc3ccccc3)C2=O)c1F. The summed E-state index contributed by atoms with van der Waals surface area (Å²) in [4.78, 5) is 26.2. The largest absolute Gasteiger partial charge is 0.336 e. The van der Waals surface area contributed by atoms with Crippen molar-refractivity contribution >= 4 is 17.6 Å². The zero-order chi connectivity index (χ0) is 17.8. The number of nitrogens with zero attached hydrogens (tertiary/aromatic N) is 1. The summed E-state index contributed by atoms with van der Waals surface area (Å²) >= 11 is 0. The number of benzene rings is 2. The van der Waals surface area contributed by atoms with Crippen LogP contribution in [0.1, 0.15) is 17.5 Å². The fraction of sp³-hybridized carbons (Fsp3) is 0.263. The molecule has 0 saturated carbocycles. The van der Waals surface area contributed by atoms with E-state index in [0.717, 1.165) is 5.56 Å². The topological polar surface area (TPSA) is 61.4 Å². The van der Waals surface area contributed by atoms with Crippen LogP contribution in [0.25, 0.3) is 0 Å². The number of anilines is 1. The summed E-state index contributed by atoms with van der Waals surface area (Å²) in [5.41, 5.74) is 1.59. The predicted octanol–water partition coefficient (Wildman–Crippen LogP) is 3.06. The molecule has 3 rings (SSSR count). The van der Waals surface area contributed by atoms with Crippen molar-refractivity contribution < 1.29 is 14.0 Å². The second kappa shape index (κ2) is 7.34. The summed E-state index contributed by atoms with van der Waals surface area (Å²) in [5, 5.41) is 5.10. The molecule has 6 heteroatoms. The summed E-state index contributed by atoms with van der Waals surface area (Å²) in [7, 11) is 0. The van der Waals surface area contributed by atoms with E-state index in [9.17, 15) is 14.0 Å². The lowest BCUT2D eigenvalue weighted by atomic mass is 10.2. The maximum atomic E-state index is 13.9. The molecule has 0 spiro atoms. The van der Waals surface area contributed by atoms with Gasteiger partial charge >= 0.3 is 6.03 Å². The van der Waals surface area contributed by atoms with Gasteiger partial charge in [0, 0.05) is 13.1 Å². The minimum atomic E-state index is -0.586. The molecule has 1 aliphatic rings. The molecular weight excluding hydrogens is 321 g/mol. The van der Waals surface area contributed by atoms with Crippen LogP contribution in [0.5, 0.6) is 0 Å². The van der Waals surface area contributed by atoms with Gasteiger partial charge in [0.15, 0.2) is 0 Å². The van der Waals surface area contributed by atoms with E-state index in [1.54, 1.807) is 24.0 Å². The Morgan fingerprint density at radius 1 is 1.20 bits per heavy atom. The molecule has 25 heavy (non-hydrogen) atoms. The number of rotatable bonds is 4. The third kappa shape index (κ3) is 3.96. The van der Waals surface area contributed by atoms with E-state index in [-0.39, 0.29) is 11.6 Å². The molecule has 3 amide bonds. The van der Waals surface area contributed by atoms with Gasteiger partial charge in [-0.05, 0) is 30.5 Å². The van der Waals surface area contributed by atoms with Gasteiger partial charge in [-0.3, -0.25) is 4.79 Å². The predicted molar refractivity (Wildman–Crippen MR) is 93.6 cm³/mol. The van der Waals surface area contributed by atoms with Crippen molar-refractivity contribution in [3.63, 3.8) is 0 Å². The molecule has 1 aliphatic heterocycles. The first kappa shape index (κ1) is 17.0. The van der Waals surface area contributed by atoms with E-state index < -0.39 is 17.9 Å². The number of carbonyl (C=O) groups excluding carboxylic acids is 2. The minimum absolute atomic E-state index is 0.101. The Morgan fingerprint density at radius 3 is 2.72 bits per heavy atom. The molecule has 2 N–H and O–H groups in total. The van der Waals surface area contributed by atoms with Gasteiger partial charge in [0.25, 0.3) is 0 Å². The number of carbonyl (C=O) groups is 2. The van der Waals surface area contributed by atoms with Crippen LogP contribution in [-0.2, 0) is 11.3 Å². The van der Waals surface area contributed by atoms with E-state index in [1.165, 1.54) is 6.07 Å². The molecule has 0 radical (unpaired) electrons. The number of urea groups is 1. The molecule has 0 aromatic heterocycles. The molecule has 0 aliphatic carbocycles. The average Bonchev–Trinajstić information content (AvgIpc) is 2.93. The van der Waals surface area contributed by atoms with Crippen molar-refractivity contribution in [2.45, 2.75) is 25.9 Å². The smallest absolute Gasteiger partial charge is 0.319 e. The summed E-state index contributed by atoms with van der Waals surface area (Å²) in [6, 6.07) is 13.3. The molecule has 0 unspecified atom stereocenters. The van der Waals surface area contributed by atoms with Crippen molar-refractivity contribution in [1.29, 1.82) is 0 Å². The van der Waals surface area contributed by atoms with Crippen LogP contribution >= 0.6 is 0 Å². The molecule has 2 aromatic rings. The Labute approximate surface area is 145 Å². The van der Waals surface area contributed by atoms with Crippen LogP contribution in [-0.4, -0.2) is 29.4 Å². The number of hydrogen-bond acceptors (Lipinski definition) is 2. The van der Waals surface area contributed by atoms with E-state index in [4.69, 9.17) is 0 Å². The minimum Gasteiger partial charge on any atom is -0.336 e. The molecule has 1 fully saturated rings. The van der Waals surface area contributed by atoms with E-state index in [0.29, 0.717) is 25.1 Å². The lowest BCUT2D eigenvalue weighted by Crippen LogP contribution is -2.43. The van der Waals surface area contributed by atoms with Crippen molar-refractivity contribution in [2.75, 3.05) is 11.9 Å². The Bertz CT molecular complexity index is 779. The van der Waals surface area contributed by atoms with Gasteiger partial charge in [-0.15, -0.1) is 0 Å². The molecule has 5 nitrogen and oxygen atoms in total. The fourth-order valence-corrected chi connectivity index (χ4v) is 2.89. The van der Waals surface area contributed by atoms with E-state index in [2.05, 4.69) is 10.6 Å². The zero-order valence-corrected chi connectivity index (χ0v) is 14.0. The highest BCUT2D eigenvalue weighted by Crippen LogP contribution is 2.18. The monoisotopic (exact) mass is 341 g/mol. The van der Waals surface area contributed by atoms with Gasteiger partial charge in [-0.1, -0.05) is 42.5 Å². The Kier molecular flexibility index (Phi) is 4.97. The first-order valence-corrected chi connectivity index (χ1v) is 8.20. The molecule has 1 heterocycles. The Balaban J connectivity index is 1.57. The number of nitrogens with one attached hydrogen (secondary N) is 2. The summed E-state index contributed by atoms with van der Waals surface area (Å²) in [6.45, 7) is 2.73. The van der Waals surface area contributed by atoms with E-state index in [1.807, 2.05) is 30.3 Å². The van der Waals surface area contributed by atoms with Crippen LogP contribution in [0, 0.1) is 12.7 Å². The second-order valence-electron chi connectivity index (χ2n) is 6.12. The lowest BCUT2D eigenvalue weighted by molar-refractivity contribution is -0.129. The third-order valence-corrected chi connectivity index (χ3v) is 4.26. The van der Waals surface area contributed by atoms with Gasteiger partial charge in [0.05, 0.1) is 5.69 Å². The maximum absolute atomic E-state index is 13.9. The van der Waals surface area contributed by atoms with Crippen molar-refractivity contribution in [3.05, 3.63) is 65.5 Å². The molecule has 2 aromatic carbocycles. The Morgan fingerprint density at radius 2 is 1.96 bits per heavy atom. The molecule has 0 bridgehead atoms. The van der Waals surface area contributed by atoms with Gasteiger partial charge in [-0.2, -0.15) is 0 Å². The van der Waals surface area contributed by atoms with Crippen LogP contribution in [0.4, 0.5) is 14.9 Å². The summed E-state index contributed by atoms with van der Waals surface area (Å²) in [5.74, 6) is -0.593. The van der Waals surface area contributed by atoms with Gasteiger partial charge in [0.2, 0.25) is 5.91 Å².